The van der Waals surface area contributed by atoms with Gasteiger partial charge in [-0.05, 0) is 44.4 Å². The van der Waals surface area contributed by atoms with Crippen LogP contribution in [-0.4, -0.2) is 31.4 Å². The Morgan fingerprint density at radius 3 is 2.32 bits per heavy atom. The Kier molecular flexibility index (Phi) is 4.49. The molecule has 108 valence electrons. The maximum absolute atomic E-state index is 12.4. The van der Waals surface area contributed by atoms with E-state index in [2.05, 4.69) is 17.7 Å². The van der Waals surface area contributed by atoms with Gasteiger partial charge in [-0.2, -0.15) is 22.7 Å². The zero-order valence-electron chi connectivity index (χ0n) is 11.6. The highest BCUT2D eigenvalue weighted by molar-refractivity contribution is 7.87. The number of hydrogen-bond acceptors (Lipinski definition) is 3. The average Bonchev–Trinajstić information content (AvgIpc) is 2.42. The molecule has 0 aromatic heterocycles. The van der Waals surface area contributed by atoms with Crippen molar-refractivity contribution in [3.8, 4) is 6.07 Å². The van der Waals surface area contributed by atoms with Gasteiger partial charge in [0.05, 0.1) is 6.07 Å². The topological polar surface area (TPSA) is 73.2 Å². The van der Waals surface area contributed by atoms with Crippen LogP contribution in [0.3, 0.4) is 0 Å². The van der Waals surface area contributed by atoms with E-state index in [1.807, 2.05) is 0 Å². The SMILES string of the molecule is CC1CCC(C#N)(NS(=O)(=O)N2CCCCC2)CC1. The van der Waals surface area contributed by atoms with Crippen LogP contribution in [0.5, 0.6) is 0 Å². The summed E-state index contributed by atoms with van der Waals surface area (Å²) in [6.45, 7) is 3.31. The van der Waals surface area contributed by atoms with Crippen molar-refractivity contribution in [2.75, 3.05) is 13.1 Å². The number of piperidine rings is 1. The summed E-state index contributed by atoms with van der Waals surface area (Å²) in [5.41, 5.74) is -0.886. The first-order valence-electron chi connectivity index (χ1n) is 7.18. The molecule has 5 nitrogen and oxygen atoms in total. The fourth-order valence-electron chi connectivity index (χ4n) is 2.91. The van der Waals surface area contributed by atoms with Gasteiger partial charge in [0.1, 0.15) is 5.54 Å². The molecule has 1 saturated heterocycles. The lowest BCUT2D eigenvalue weighted by atomic mass is 9.79. The van der Waals surface area contributed by atoms with Crippen LogP contribution in [0.4, 0.5) is 0 Å². The predicted molar refractivity (Wildman–Crippen MR) is 73.5 cm³/mol. The van der Waals surface area contributed by atoms with E-state index in [-0.39, 0.29) is 0 Å². The zero-order valence-corrected chi connectivity index (χ0v) is 12.4. The lowest BCUT2D eigenvalue weighted by Crippen LogP contribution is -2.55. The third kappa shape index (κ3) is 3.47. The van der Waals surface area contributed by atoms with Crippen LogP contribution in [0, 0.1) is 17.2 Å². The molecule has 6 heteroatoms. The Bertz CT molecular complexity index is 441. The van der Waals surface area contributed by atoms with Gasteiger partial charge in [0.2, 0.25) is 0 Å². The first-order chi connectivity index (χ1) is 8.97. The second-order valence-corrected chi connectivity index (χ2v) is 7.61. The molecule has 0 radical (unpaired) electrons. The number of nitrogens with one attached hydrogen (secondary N) is 1. The molecule has 0 aromatic rings. The van der Waals surface area contributed by atoms with E-state index in [0.717, 1.165) is 32.1 Å². The summed E-state index contributed by atoms with van der Waals surface area (Å²) in [7, 11) is -3.51. The van der Waals surface area contributed by atoms with Gasteiger partial charge in [0.25, 0.3) is 10.2 Å². The summed E-state index contributed by atoms with van der Waals surface area (Å²) in [6.07, 6.45) is 5.99. The molecule has 1 saturated carbocycles. The number of rotatable bonds is 3. The fraction of sp³-hybridized carbons (Fsp3) is 0.923. The molecule has 1 heterocycles. The molecular weight excluding hydrogens is 262 g/mol. The Morgan fingerprint density at radius 2 is 1.79 bits per heavy atom. The van der Waals surface area contributed by atoms with Crippen LogP contribution in [0.15, 0.2) is 0 Å². The third-order valence-corrected chi connectivity index (χ3v) is 6.01. The molecule has 0 amide bonds. The Labute approximate surface area is 116 Å². The molecule has 1 aliphatic heterocycles. The molecule has 2 rings (SSSR count). The summed E-state index contributed by atoms with van der Waals surface area (Å²) < 4.78 is 28.9. The normalized spacial score (nSPS) is 33.8. The van der Waals surface area contributed by atoms with E-state index in [1.54, 1.807) is 0 Å². The standard InChI is InChI=1S/C13H23N3O2S/c1-12-5-7-13(11-14,8-6-12)15-19(17,18)16-9-3-2-4-10-16/h12,15H,2-10H2,1H3. The van der Waals surface area contributed by atoms with Crippen molar-refractivity contribution < 1.29 is 8.42 Å². The molecular formula is C13H23N3O2S. The number of hydrogen-bond donors (Lipinski definition) is 1. The highest BCUT2D eigenvalue weighted by atomic mass is 32.2. The molecule has 1 N–H and O–H groups in total. The molecule has 1 aliphatic carbocycles. The van der Waals surface area contributed by atoms with E-state index in [0.29, 0.717) is 31.8 Å². The van der Waals surface area contributed by atoms with Crippen LogP contribution in [0.2, 0.25) is 0 Å². The Morgan fingerprint density at radius 1 is 1.21 bits per heavy atom. The van der Waals surface area contributed by atoms with Crippen molar-refractivity contribution in [3.63, 3.8) is 0 Å². The zero-order chi connectivity index (χ0) is 13.9. The molecule has 2 fully saturated rings. The summed E-state index contributed by atoms with van der Waals surface area (Å²) in [6, 6.07) is 2.22. The summed E-state index contributed by atoms with van der Waals surface area (Å²) in [5.74, 6) is 0.584. The van der Waals surface area contributed by atoms with Gasteiger partial charge in [0.15, 0.2) is 0 Å². The van der Waals surface area contributed by atoms with Gasteiger partial charge in [-0.3, -0.25) is 0 Å². The van der Waals surface area contributed by atoms with Gasteiger partial charge in [-0.1, -0.05) is 13.3 Å². The average molecular weight is 285 g/mol. The monoisotopic (exact) mass is 285 g/mol. The third-order valence-electron chi connectivity index (χ3n) is 4.32. The minimum Gasteiger partial charge on any atom is -0.196 e. The van der Waals surface area contributed by atoms with Crippen LogP contribution in [-0.2, 0) is 10.2 Å². The van der Waals surface area contributed by atoms with Crippen molar-refractivity contribution in [1.82, 2.24) is 9.03 Å². The van der Waals surface area contributed by atoms with E-state index in [4.69, 9.17) is 0 Å². The fourth-order valence-corrected chi connectivity index (χ4v) is 4.52. The molecule has 0 spiro atoms. The molecule has 0 aromatic carbocycles. The van der Waals surface area contributed by atoms with Crippen LogP contribution < -0.4 is 4.72 Å². The maximum Gasteiger partial charge on any atom is 0.280 e. The lowest BCUT2D eigenvalue weighted by Gasteiger charge is -2.36. The van der Waals surface area contributed by atoms with Crippen molar-refractivity contribution in [1.29, 1.82) is 5.26 Å². The predicted octanol–water partition coefficient (Wildman–Crippen LogP) is 1.78. The minimum absolute atomic E-state index is 0.577. The van der Waals surface area contributed by atoms with Crippen molar-refractivity contribution in [2.24, 2.45) is 5.92 Å². The molecule has 0 bridgehead atoms. The largest absolute Gasteiger partial charge is 0.280 e. The van der Waals surface area contributed by atoms with Gasteiger partial charge in [0, 0.05) is 13.1 Å². The second kappa shape index (κ2) is 5.78. The molecule has 0 unspecified atom stereocenters. The number of nitrogens with zero attached hydrogens (tertiary/aromatic N) is 2. The maximum atomic E-state index is 12.4. The van der Waals surface area contributed by atoms with E-state index >= 15 is 0 Å². The quantitative estimate of drug-likeness (QED) is 0.859. The van der Waals surface area contributed by atoms with E-state index in [1.165, 1.54) is 4.31 Å². The number of nitriles is 1. The van der Waals surface area contributed by atoms with Crippen molar-refractivity contribution >= 4 is 10.2 Å². The van der Waals surface area contributed by atoms with Crippen molar-refractivity contribution in [2.45, 2.75) is 57.4 Å². The van der Waals surface area contributed by atoms with Crippen LogP contribution >= 0.6 is 0 Å². The van der Waals surface area contributed by atoms with Crippen LogP contribution in [0.1, 0.15) is 51.9 Å². The smallest absolute Gasteiger partial charge is 0.196 e. The lowest BCUT2D eigenvalue weighted by molar-refractivity contribution is 0.266. The van der Waals surface area contributed by atoms with Gasteiger partial charge >= 0.3 is 0 Å². The minimum atomic E-state index is -3.51. The first kappa shape index (κ1) is 14.8. The Balaban J connectivity index is 2.07. The van der Waals surface area contributed by atoms with Crippen LogP contribution in [0.25, 0.3) is 0 Å². The van der Waals surface area contributed by atoms with E-state index in [9.17, 15) is 13.7 Å². The van der Waals surface area contributed by atoms with Gasteiger partial charge < -0.3 is 0 Å². The summed E-state index contributed by atoms with van der Waals surface area (Å²) in [5, 5.41) is 9.39. The molecule has 2 aliphatic rings. The second-order valence-electron chi connectivity index (χ2n) is 5.94. The van der Waals surface area contributed by atoms with Gasteiger partial charge in [-0.25, -0.2) is 0 Å². The summed E-state index contributed by atoms with van der Waals surface area (Å²) >= 11 is 0. The highest BCUT2D eigenvalue weighted by Crippen LogP contribution is 2.32. The first-order valence-corrected chi connectivity index (χ1v) is 8.62. The molecule has 0 atom stereocenters. The van der Waals surface area contributed by atoms with E-state index < -0.39 is 15.7 Å². The van der Waals surface area contributed by atoms with Gasteiger partial charge in [-0.15, -0.1) is 0 Å². The Hall–Kier alpha value is -0.640. The van der Waals surface area contributed by atoms with Crippen molar-refractivity contribution in [3.05, 3.63) is 0 Å². The molecule has 19 heavy (non-hydrogen) atoms. The summed E-state index contributed by atoms with van der Waals surface area (Å²) in [4.78, 5) is 0. The highest BCUT2D eigenvalue weighted by Gasteiger charge is 2.39.